The van der Waals surface area contributed by atoms with Gasteiger partial charge in [0, 0.05) is 5.92 Å². The van der Waals surface area contributed by atoms with E-state index in [1.165, 1.54) is 0 Å². The summed E-state index contributed by atoms with van der Waals surface area (Å²) in [6, 6.07) is 15.5. The molecule has 2 aromatic rings. The summed E-state index contributed by atoms with van der Waals surface area (Å²) < 4.78 is 28.5. The molecular weight excluding hydrogens is 254 g/mol. The molecule has 2 unspecified atom stereocenters. The molecule has 20 heavy (non-hydrogen) atoms. The van der Waals surface area contributed by atoms with Crippen molar-refractivity contribution < 1.29 is 8.78 Å². The van der Waals surface area contributed by atoms with Gasteiger partial charge in [-0.25, -0.2) is 8.78 Å². The standard InChI is InChI=1S/C18H16F2/c1-2-11-12-7-3-5-9-14(12)16-17(18(16,19)20)15-10-6-4-8-13(11)15/h3-11,16-17H,2H2,1H3. The zero-order valence-electron chi connectivity index (χ0n) is 11.3. The maximum absolute atomic E-state index is 14.3. The molecule has 0 bridgehead atoms. The molecule has 0 aromatic heterocycles. The molecule has 0 amide bonds. The molecule has 2 heteroatoms. The molecule has 2 aliphatic rings. The lowest BCUT2D eigenvalue weighted by Gasteiger charge is -2.20. The lowest BCUT2D eigenvalue weighted by molar-refractivity contribution is 0.104. The van der Waals surface area contributed by atoms with Crippen molar-refractivity contribution in [3.05, 3.63) is 70.8 Å². The molecule has 102 valence electrons. The van der Waals surface area contributed by atoms with Gasteiger partial charge >= 0.3 is 0 Å². The summed E-state index contributed by atoms with van der Waals surface area (Å²) in [5, 5.41) is 0. The minimum atomic E-state index is -2.59. The van der Waals surface area contributed by atoms with Gasteiger partial charge in [-0.3, -0.25) is 0 Å². The van der Waals surface area contributed by atoms with E-state index < -0.39 is 17.8 Å². The van der Waals surface area contributed by atoms with Crippen LogP contribution in [0.5, 0.6) is 0 Å². The van der Waals surface area contributed by atoms with Gasteiger partial charge in [0.1, 0.15) is 0 Å². The van der Waals surface area contributed by atoms with Crippen LogP contribution in [0.2, 0.25) is 0 Å². The number of rotatable bonds is 1. The van der Waals surface area contributed by atoms with Crippen LogP contribution in [0.1, 0.15) is 53.4 Å². The van der Waals surface area contributed by atoms with Crippen LogP contribution in [0.15, 0.2) is 48.5 Å². The minimum absolute atomic E-state index is 0.242. The molecule has 2 atom stereocenters. The van der Waals surface area contributed by atoms with Crippen LogP contribution in [0.4, 0.5) is 8.78 Å². The predicted molar refractivity (Wildman–Crippen MR) is 75.4 cm³/mol. The zero-order chi connectivity index (χ0) is 13.9. The third kappa shape index (κ3) is 1.39. The van der Waals surface area contributed by atoms with Crippen LogP contribution in [0.25, 0.3) is 0 Å². The van der Waals surface area contributed by atoms with Gasteiger partial charge in [0.05, 0.1) is 11.8 Å². The van der Waals surface area contributed by atoms with E-state index in [1.807, 2.05) is 48.5 Å². The normalized spacial score (nSPS) is 28.9. The molecule has 0 radical (unpaired) electrons. The molecule has 0 heterocycles. The SMILES string of the molecule is CCC1c2ccccc2C2C(c3ccccc31)C2(F)F. The Labute approximate surface area is 117 Å². The molecule has 1 fully saturated rings. The second kappa shape index (κ2) is 3.91. The molecule has 0 saturated heterocycles. The Balaban J connectivity index is 2.02. The van der Waals surface area contributed by atoms with Crippen molar-refractivity contribution in [2.75, 3.05) is 0 Å². The van der Waals surface area contributed by atoms with Gasteiger partial charge < -0.3 is 0 Å². The van der Waals surface area contributed by atoms with Gasteiger partial charge in [-0.05, 0) is 28.7 Å². The van der Waals surface area contributed by atoms with E-state index >= 15 is 0 Å². The lowest BCUT2D eigenvalue weighted by Crippen LogP contribution is -2.08. The molecule has 0 aliphatic heterocycles. The van der Waals surface area contributed by atoms with Gasteiger partial charge in [0.2, 0.25) is 0 Å². The first kappa shape index (κ1) is 12.1. The fraction of sp³-hybridized carbons (Fsp3) is 0.333. The summed E-state index contributed by atoms with van der Waals surface area (Å²) in [4.78, 5) is 0. The second-order valence-corrected chi connectivity index (χ2v) is 5.85. The van der Waals surface area contributed by atoms with Gasteiger partial charge in [0.25, 0.3) is 5.92 Å². The fourth-order valence-corrected chi connectivity index (χ4v) is 3.93. The van der Waals surface area contributed by atoms with E-state index in [0.29, 0.717) is 0 Å². The monoisotopic (exact) mass is 270 g/mol. The predicted octanol–water partition coefficient (Wildman–Crippen LogP) is 5.06. The maximum Gasteiger partial charge on any atom is 0.263 e. The summed E-state index contributed by atoms with van der Waals surface area (Å²) in [5.41, 5.74) is 3.88. The Hall–Kier alpha value is -1.70. The van der Waals surface area contributed by atoms with Crippen molar-refractivity contribution in [3.63, 3.8) is 0 Å². The summed E-state index contributed by atoms with van der Waals surface area (Å²) >= 11 is 0. The van der Waals surface area contributed by atoms with Crippen molar-refractivity contribution in [2.45, 2.75) is 37.0 Å². The number of halogens is 2. The Morgan fingerprint density at radius 2 is 1.20 bits per heavy atom. The summed E-state index contributed by atoms with van der Waals surface area (Å²) in [6.45, 7) is 2.13. The number of fused-ring (bicyclic) bond motifs is 5. The molecular formula is C18H16F2. The van der Waals surface area contributed by atoms with Gasteiger partial charge in [0.15, 0.2) is 0 Å². The Morgan fingerprint density at radius 3 is 1.60 bits per heavy atom. The number of alkyl halides is 2. The Kier molecular flexibility index (Phi) is 2.36. The van der Waals surface area contributed by atoms with Crippen molar-refractivity contribution in [3.8, 4) is 0 Å². The molecule has 2 aliphatic carbocycles. The summed E-state index contributed by atoms with van der Waals surface area (Å²) in [5.74, 6) is -3.61. The minimum Gasteiger partial charge on any atom is -0.205 e. The average molecular weight is 270 g/mol. The first-order valence-electron chi connectivity index (χ1n) is 7.21. The second-order valence-electron chi connectivity index (χ2n) is 5.85. The Morgan fingerprint density at radius 1 is 0.800 bits per heavy atom. The zero-order valence-corrected chi connectivity index (χ0v) is 11.3. The van der Waals surface area contributed by atoms with Gasteiger partial charge in [-0.15, -0.1) is 0 Å². The highest BCUT2D eigenvalue weighted by molar-refractivity contribution is 5.56. The van der Waals surface area contributed by atoms with E-state index in [1.54, 1.807) is 0 Å². The molecule has 4 rings (SSSR count). The Bertz CT molecular complexity index is 619. The van der Waals surface area contributed by atoms with E-state index in [-0.39, 0.29) is 5.92 Å². The van der Waals surface area contributed by atoms with E-state index in [0.717, 1.165) is 28.7 Å². The largest absolute Gasteiger partial charge is 0.263 e. The van der Waals surface area contributed by atoms with Crippen LogP contribution in [0, 0.1) is 0 Å². The summed E-state index contributed by atoms with van der Waals surface area (Å²) in [6.07, 6.45) is 0.943. The molecule has 0 nitrogen and oxygen atoms in total. The maximum atomic E-state index is 14.3. The van der Waals surface area contributed by atoms with Crippen LogP contribution < -0.4 is 0 Å². The highest BCUT2D eigenvalue weighted by Gasteiger charge is 2.70. The average Bonchev–Trinajstić information content (AvgIpc) is 3.06. The van der Waals surface area contributed by atoms with E-state index in [9.17, 15) is 8.78 Å². The first-order chi connectivity index (χ1) is 9.66. The highest BCUT2D eigenvalue weighted by atomic mass is 19.3. The van der Waals surface area contributed by atoms with E-state index in [2.05, 4.69) is 6.92 Å². The molecule has 0 spiro atoms. The van der Waals surface area contributed by atoms with Crippen LogP contribution in [-0.4, -0.2) is 5.92 Å². The topological polar surface area (TPSA) is 0 Å². The van der Waals surface area contributed by atoms with Crippen LogP contribution >= 0.6 is 0 Å². The quantitative estimate of drug-likeness (QED) is 0.679. The number of benzene rings is 2. The van der Waals surface area contributed by atoms with Crippen LogP contribution in [-0.2, 0) is 0 Å². The van der Waals surface area contributed by atoms with Crippen molar-refractivity contribution in [1.29, 1.82) is 0 Å². The summed E-state index contributed by atoms with van der Waals surface area (Å²) in [7, 11) is 0. The van der Waals surface area contributed by atoms with Crippen molar-refractivity contribution in [1.82, 2.24) is 0 Å². The lowest BCUT2D eigenvalue weighted by atomic mass is 9.84. The smallest absolute Gasteiger partial charge is 0.205 e. The van der Waals surface area contributed by atoms with Crippen molar-refractivity contribution in [2.24, 2.45) is 0 Å². The van der Waals surface area contributed by atoms with E-state index in [4.69, 9.17) is 0 Å². The molecule has 1 saturated carbocycles. The fourth-order valence-electron chi connectivity index (χ4n) is 3.93. The first-order valence-corrected chi connectivity index (χ1v) is 7.21. The van der Waals surface area contributed by atoms with Gasteiger partial charge in [-0.2, -0.15) is 0 Å². The number of hydrogen-bond acceptors (Lipinski definition) is 0. The van der Waals surface area contributed by atoms with Crippen molar-refractivity contribution >= 4 is 0 Å². The van der Waals surface area contributed by atoms with Crippen LogP contribution in [0.3, 0.4) is 0 Å². The highest BCUT2D eigenvalue weighted by Crippen LogP contribution is 2.70. The third-order valence-corrected chi connectivity index (χ3v) is 4.87. The molecule has 2 aromatic carbocycles. The third-order valence-electron chi connectivity index (χ3n) is 4.87. The van der Waals surface area contributed by atoms with Gasteiger partial charge in [-0.1, -0.05) is 55.5 Å². The molecule has 0 N–H and O–H groups in total. The number of hydrogen-bond donors (Lipinski definition) is 0.